The van der Waals surface area contributed by atoms with Gasteiger partial charge in [-0.2, -0.15) is 0 Å². The molecule has 62 valence electrons. The molecule has 0 spiro atoms. The van der Waals surface area contributed by atoms with Crippen molar-refractivity contribution in [2.75, 3.05) is 13.1 Å². The lowest BCUT2D eigenvalue weighted by Crippen LogP contribution is -2.33. The van der Waals surface area contributed by atoms with Crippen molar-refractivity contribution in [2.24, 2.45) is 0 Å². The van der Waals surface area contributed by atoms with Crippen molar-refractivity contribution in [3.8, 4) is 0 Å². The number of hydrogen-bond acceptors (Lipinski definition) is 2. The molecule has 4 nitrogen and oxygen atoms in total. The van der Waals surface area contributed by atoms with Gasteiger partial charge in [0.1, 0.15) is 0 Å². The minimum absolute atomic E-state index is 0.0835. The van der Waals surface area contributed by atoms with Crippen LogP contribution in [0, 0.1) is 0 Å². The van der Waals surface area contributed by atoms with E-state index in [1.165, 1.54) is 0 Å². The fourth-order valence-electron chi connectivity index (χ4n) is 1.28. The Hall–Kier alpha value is -1.06. The molecule has 0 aromatic rings. The highest BCUT2D eigenvalue weighted by Gasteiger charge is 2.22. The van der Waals surface area contributed by atoms with Gasteiger partial charge < -0.3 is 10.2 Å². The molecule has 0 bridgehead atoms. The maximum atomic E-state index is 10.8. The second kappa shape index (κ2) is 3.37. The van der Waals surface area contributed by atoms with Crippen LogP contribution in [0.3, 0.4) is 0 Å². The number of nitrogens with zero attached hydrogens (tertiary/aromatic N) is 1. The van der Waals surface area contributed by atoms with Crippen LogP contribution in [0.4, 0.5) is 0 Å². The number of rotatable bonds is 2. The molecule has 0 unspecified atom stereocenters. The third kappa shape index (κ3) is 1.93. The van der Waals surface area contributed by atoms with Crippen LogP contribution in [0.5, 0.6) is 0 Å². The van der Waals surface area contributed by atoms with Gasteiger partial charge in [0.2, 0.25) is 12.3 Å². The van der Waals surface area contributed by atoms with Gasteiger partial charge in [-0.15, -0.1) is 0 Å². The highest BCUT2D eigenvalue weighted by atomic mass is 16.2. The molecule has 1 rings (SSSR count). The van der Waals surface area contributed by atoms with Crippen molar-refractivity contribution in [1.29, 1.82) is 0 Å². The zero-order valence-corrected chi connectivity index (χ0v) is 6.54. The Morgan fingerprint density at radius 2 is 2.45 bits per heavy atom. The van der Waals surface area contributed by atoms with Gasteiger partial charge in [-0.1, -0.05) is 0 Å². The molecular weight excluding hydrogens is 144 g/mol. The molecule has 0 saturated carbocycles. The molecule has 0 radical (unpaired) electrons. The third-order valence-corrected chi connectivity index (χ3v) is 1.94. The average Bonchev–Trinajstić information content (AvgIpc) is 2.37. The highest BCUT2D eigenvalue weighted by Crippen LogP contribution is 2.07. The van der Waals surface area contributed by atoms with Crippen LogP contribution in [0.25, 0.3) is 0 Å². The lowest BCUT2D eigenvalue weighted by molar-refractivity contribution is -0.128. The quantitative estimate of drug-likeness (QED) is 0.540. The summed E-state index contributed by atoms with van der Waals surface area (Å²) < 4.78 is 0. The summed E-state index contributed by atoms with van der Waals surface area (Å²) in [5, 5.41) is 2.65. The topological polar surface area (TPSA) is 49.4 Å². The van der Waals surface area contributed by atoms with E-state index in [1.54, 1.807) is 11.8 Å². The van der Waals surface area contributed by atoms with Crippen molar-refractivity contribution >= 4 is 12.3 Å². The van der Waals surface area contributed by atoms with Gasteiger partial charge in [0.05, 0.1) is 0 Å². The van der Waals surface area contributed by atoms with Gasteiger partial charge in [-0.25, -0.2) is 0 Å². The van der Waals surface area contributed by atoms with Crippen LogP contribution >= 0.6 is 0 Å². The van der Waals surface area contributed by atoms with E-state index in [-0.39, 0.29) is 11.9 Å². The van der Waals surface area contributed by atoms with Crippen LogP contribution in [0.2, 0.25) is 0 Å². The van der Waals surface area contributed by atoms with Crippen LogP contribution in [0.1, 0.15) is 13.3 Å². The summed E-state index contributed by atoms with van der Waals surface area (Å²) in [6.45, 7) is 2.97. The van der Waals surface area contributed by atoms with Crippen molar-refractivity contribution < 1.29 is 9.59 Å². The highest BCUT2D eigenvalue weighted by molar-refractivity contribution is 5.73. The molecule has 2 amide bonds. The van der Waals surface area contributed by atoms with Crippen molar-refractivity contribution in [2.45, 2.75) is 19.4 Å². The Labute approximate surface area is 65.6 Å². The maximum Gasteiger partial charge on any atom is 0.219 e. The van der Waals surface area contributed by atoms with Gasteiger partial charge in [0, 0.05) is 26.1 Å². The SMILES string of the molecule is CC(=O)N1CC[C@@H](NC=O)C1. The minimum atomic E-state index is 0.0835. The lowest BCUT2D eigenvalue weighted by Gasteiger charge is -2.12. The van der Waals surface area contributed by atoms with E-state index in [2.05, 4.69) is 5.32 Å². The Kier molecular flexibility index (Phi) is 2.46. The summed E-state index contributed by atoms with van der Waals surface area (Å²) in [6.07, 6.45) is 1.56. The summed E-state index contributed by atoms with van der Waals surface area (Å²) >= 11 is 0. The maximum absolute atomic E-state index is 10.8. The largest absolute Gasteiger partial charge is 0.354 e. The van der Waals surface area contributed by atoms with E-state index < -0.39 is 0 Å². The predicted octanol–water partition coefficient (Wildman–Crippen LogP) is -0.647. The molecule has 1 aliphatic heterocycles. The van der Waals surface area contributed by atoms with Crippen LogP contribution < -0.4 is 5.32 Å². The summed E-state index contributed by atoms with van der Waals surface area (Å²) in [6, 6.07) is 0.163. The lowest BCUT2D eigenvalue weighted by atomic mass is 10.3. The summed E-state index contributed by atoms with van der Waals surface area (Å²) in [4.78, 5) is 22.6. The first-order valence-electron chi connectivity index (χ1n) is 3.69. The summed E-state index contributed by atoms with van der Waals surface area (Å²) in [7, 11) is 0. The van der Waals surface area contributed by atoms with Crippen LogP contribution in [-0.2, 0) is 9.59 Å². The van der Waals surface area contributed by atoms with Gasteiger partial charge in [-0.05, 0) is 6.42 Å². The number of carbonyl (C=O) groups is 2. The third-order valence-electron chi connectivity index (χ3n) is 1.94. The van der Waals surface area contributed by atoms with Gasteiger partial charge in [0.25, 0.3) is 0 Å². The van der Waals surface area contributed by atoms with E-state index in [1.807, 2.05) is 0 Å². The zero-order valence-electron chi connectivity index (χ0n) is 6.54. The summed E-state index contributed by atoms with van der Waals surface area (Å²) in [5.41, 5.74) is 0. The first-order chi connectivity index (χ1) is 5.24. The second-order valence-electron chi connectivity index (χ2n) is 2.74. The van der Waals surface area contributed by atoms with Gasteiger partial charge >= 0.3 is 0 Å². The van der Waals surface area contributed by atoms with Crippen LogP contribution in [-0.4, -0.2) is 36.3 Å². The van der Waals surface area contributed by atoms with Gasteiger partial charge in [0.15, 0.2) is 0 Å². The number of likely N-dealkylation sites (tertiary alicyclic amines) is 1. The summed E-state index contributed by atoms with van der Waals surface area (Å²) in [5.74, 6) is 0.0835. The minimum Gasteiger partial charge on any atom is -0.354 e. The van der Waals surface area contributed by atoms with Crippen LogP contribution in [0.15, 0.2) is 0 Å². The Morgan fingerprint density at radius 3 is 2.91 bits per heavy atom. The monoisotopic (exact) mass is 156 g/mol. The molecule has 1 fully saturated rings. The molecular formula is C7H12N2O2. The molecule has 0 aromatic carbocycles. The second-order valence-corrected chi connectivity index (χ2v) is 2.74. The Balaban J connectivity index is 2.34. The molecule has 1 aliphatic rings. The molecule has 1 saturated heterocycles. The normalized spacial score (nSPS) is 23.4. The molecule has 0 aliphatic carbocycles. The molecule has 4 heteroatoms. The Morgan fingerprint density at radius 1 is 1.73 bits per heavy atom. The van der Waals surface area contributed by atoms with E-state index in [9.17, 15) is 9.59 Å². The van der Waals surface area contributed by atoms with E-state index in [0.717, 1.165) is 13.0 Å². The molecule has 11 heavy (non-hydrogen) atoms. The molecule has 0 aromatic heterocycles. The smallest absolute Gasteiger partial charge is 0.219 e. The van der Waals surface area contributed by atoms with Crippen molar-refractivity contribution in [3.05, 3.63) is 0 Å². The van der Waals surface area contributed by atoms with Crippen molar-refractivity contribution in [3.63, 3.8) is 0 Å². The first-order valence-corrected chi connectivity index (χ1v) is 3.69. The van der Waals surface area contributed by atoms with Crippen molar-refractivity contribution in [1.82, 2.24) is 10.2 Å². The predicted molar refractivity (Wildman–Crippen MR) is 39.9 cm³/mol. The zero-order chi connectivity index (χ0) is 8.27. The number of carbonyl (C=O) groups excluding carboxylic acids is 2. The standard InChI is InChI=1S/C7H12N2O2/c1-6(11)9-3-2-7(4-9)8-5-10/h5,7H,2-4H2,1H3,(H,8,10)/t7-/m1/s1. The van der Waals surface area contributed by atoms with Gasteiger partial charge in [-0.3, -0.25) is 9.59 Å². The number of amides is 2. The average molecular weight is 156 g/mol. The van der Waals surface area contributed by atoms with E-state index in [4.69, 9.17) is 0 Å². The molecule has 1 N–H and O–H groups in total. The molecule has 1 heterocycles. The van der Waals surface area contributed by atoms with E-state index >= 15 is 0 Å². The van der Waals surface area contributed by atoms with E-state index in [0.29, 0.717) is 13.0 Å². The fraction of sp³-hybridized carbons (Fsp3) is 0.714. The number of nitrogens with one attached hydrogen (secondary N) is 1. The molecule has 1 atom stereocenters. The Bertz CT molecular complexity index is 170. The fourth-order valence-corrected chi connectivity index (χ4v) is 1.28. The first kappa shape index (κ1) is 8.04. The number of hydrogen-bond donors (Lipinski definition) is 1.